The lowest BCUT2D eigenvalue weighted by Gasteiger charge is -2.34. The van der Waals surface area contributed by atoms with Crippen molar-refractivity contribution in [2.75, 3.05) is 5.32 Å². The molecule has 0 bridgehead atoms. The molecule has 0 radical (unpaired) electrons. The summed E-state index contributed by atoms with van der Waals surface area (Å²) in [6.45, 7) is 13.3. The Morgan fingerprint density at radius 1 is 1.03 bits per heavy atom. The fourth-order valence-corrected chi connectivity index (χ4v) is 5.60. The van der Waals surface area contributed by atoms with Gasteiger partial charge in [-0.3, -0.25) is 9.20 Å². The van der Waals surface area contributed by atoms with E-state index in [2.05, 4.69) is 81.7 Å². The summed E-state index contributed by atoms with van der Waals surface area (Å²) >= 11 is 0. The van der Waals surface area contributed by atoms with Gasteiger partial charge in [0, 0.05) is 17.3 Å². The Morgan fingerprint density at radius 2 is 1.73 bits per heavy atom. The van der Waals surface area contributed by atoms with E-state index < -0.39 is 0 Å². The first-order chi connectivity index (χ1) is 17.5. The monoisotopic (exact) mass is 495 g/mol. The molecule has 1 unspecified atom stereocenters. The molecule has 0 spiro atoms. The zero-order valence-electron chi connectivity index (χ0n) is 22.7. The highest BCUT2D eigenvalue weighted by Gasteiger charge is 2.45. The molecule has 0 amide bonds. The van der Waals surface area contributed by atoms with Gasteiger partial charge in [0.25, 0.3) is 0 Å². The lowest BCUT2D eigenvalue weighted by Crippen LogP contribution is -2.36. The van der Waals surface area contributed by atoms with E-state index in [1.54, 1.807) is 0 Å². The number of para-hydroxylation sites is 1. The van der Waals surface area contributed by atoms with Crippen LogP contribution in [0.5, 0.6) is 5.75 Å². The molecule has 5 heteroatoms. The number of esters is 1. The summed E-state index contributed by atoms with van der Waals surface area (Å²) < 4.78 is 8.14. The SMILES string of the molecule is Cc1ccn2c(NC(C)(C)CC(C)(C)C)c(-c3ccccc3OC(=O)C3C[C@H]3c3ccccc3)nc2c1. The summed E-state index contributed by atoms with van der Waals surface area (Å²) in [5, 5.41) is 3.79. The molecule has 4 aromatic rings. The van der Waals surface area contributed by atoms with Gasteiger partial charge in [0.1, 0.15) is 22.9 Å². The molecule has 1 aliphatic rings. The average Bonchev–Trinajstić information content (AvgIpc) is 3.56. The number of hydrogen-bond donors (Lipinski definition) is 1. The highest BCUT2D eigenvalue weighted by Crippen LogP contribution is 2.48. The highest BCUT2D eigenvalue weighted by molar-refractivity contribution is 5.85. The molecule has 0 aliphatic heterocycles. The van der Waals surface area contributed by atoms with E-state index in [0.717, 1.165) is 41.1 Å². The molecule has 2 atom stereocenters. The van der Waals surface area contributed by atoms with Crippen LogP contribution in [-0.4, -0.2) is 20.9 Å². The minimum atomic E-state index is -0.184. The Kier molecular flexibility index (Phi) is 6.35. The number of benzene rings is 2. The minimum Gasteiger partial charge on any atom is -0.426 e. The number of hydrogen-bond acceptors (Lipinski definition) is 4. The van der Waals surface area contributed by atoms with Crippen LogP contribution < -0.4 is 10.1 Å². The van der Waals surface area contributed by atoms with Crippen LogP contribution in [0.1, 0.15) is 64.5 Å². The molecule has 2 aromatic heterocycles. The molecule has 37 heavy (non-hydrogen) atoms. The van der Waals surface area contributed by atoms with E-state index >= 15 is 0 Å². The van der Waals surface area contributed by atoms with E-state index in [9.17, 15) is 4.79 Å². The van der Waals surface area contributed by atoms with Gasteiger partial charge in [0.05, 0.1) is 5.92 Å². The summed E-state index contributed by atoms with van der Waals surface area (Å²) in [7, 11) is 0. The maximum atomic E-state index is 13.2. The second-order valence-electron chi connectivity index (χ2n) is 12.3. The maximum absolute atomic E-state index is 13.2. The molecule has 5 rings (SSSR count). The first kappa shape index (κ1) is 25.1. The van der Waals surface area contributed by atoms with Crippen molar-refractivity contribution in [2.24, 2.45) is 11.3 Å². The van der Waals surface area contributed by atoms with Crippen molar-refractivity contribution in [3.05, 3.63) is 84.1 Å². The Balaban J connectivity index is 1.49. The zero-order chi connectivity index (χ0) is 26.4. The van der Waals surface area contributed by atoms with Crippen molar-refractivity contribution in [3.63, 3.8) is 0 Å². The number of aryl methyl sites for hydroxylation is 1. The van der Waals surface area contributed by atoms with Crippen molar-refractivity contribution in [2.45, 2.75) is 65.8 Å². The first-order valence-corrected chi connectivity index (χ1v) is 13.1. The highest BCUT2D eigenvalue weighted by atomic mass is 16.5. The van der Waals surface area contributed by atoms with Gasteiger partial charge in [-0.05, 0) is 80.3 Å². The molecule has 0 saturated heterocycles. The lowest BCUT2D eigenvalue weighted by atomic mass is 9.82. The third-order valence-electron chi connectivity index (χ3n) is 6.88. The largest absolute Gasteiger partial charge is 0.426 e. The van der Waals surface area contributed by atoms with Crippen LogP contribution in [0, 0.1) is 18.3 Å². The van der Waals surface area contributed by atoms with Crippen LogP contribution in [0.3, 0.4) is 0 Å². The van der Waals surface area contributed by atoms with Crippen molar-refractivity contribution in [3.8, 4) is 17.0 Å². The van der Waals surface area contributed by atoms with E-state index in [4.69, 9.17) is 9.72 Å². The minimum absolute atomic E-state index is 0.109. The van der Waals surface area contributed by atoms with Crippen LogP contribution in [-0.2, 0) is 4.79 Å². The predicted molar refractivity (Wildman–Crippen MR) is 150 cm³/mol. The van der Waals surface area contributed by atoms with Crippen LogP contribution >= 0.6 is 0 Å². The van der Waals surface area contributed by atoms with Crippen LogP contribution in [0.25, 0.3) is 16.9 Å². The normalized spacial score (nSPS) is 17.6. The fraction of sp³-hybridized carbons (Fsp3) is 0.375. The van der Waals surface area contributed by atoms with Gasteiger partial charge >= 0.3 is 5.97 Å². The van der Waals surface area contributed by atoms with Gasteiger partial charge in [-0.1, -0.05) is 63.2 Å². The second-order valence-corrected chi connectivity index (χ2v) is 12.3. The molecule has 192 valence electrons. The third kappa shape index (κ3) is 5.56. The number of aromatic nitrogens is 2. The summed E-state index contributed by atoms with van der Waals surface area (Å²) in [5.74, 6) is 1.39. The topological polar surface area (TPSA) is 55.6 Å². The summed E-state index contributed by atoms with van der Waals surface area (Å²) in [6.07, 6.45) is 3.85. The summed E-state index contributed by atoms with van der Waals surface area (Å²) in [6, 6.07) is 22.1. The fourth-order valence-electron chi connectivity index (χ4n) is 5.60. The van der Waals surface area contributed by atoms with Gasteiger partial charge < -0.3 is 10.1 Å². The Hall–Kier alpha value is -3.60. The Bertz CT molecular complexity index is 1430. The zero-order valence-corrected chi connectivity index (χ0v) is 22.7. The van der Waals surface area contributed by atoms with Crippen LogP contribution in [0.15, 0.2) is 72.9 Å². The third-order valence-corrected chi connectivity index (χ3v) is 6.88. The number of anilines is 1. The molecule has 1 saturated carbocycles. The van der Waals surface area contributed by atoms with E-state index in [1.807, 2.05) is 42.5 Å². The number of carbonyl (C=O) groups excluding carboxylic acids is 1. The Morgan fingerprint density at radius 3 is 2.46 bits per heavy atom. The summed E-state index contributed by atoms with van der Waals surface area (Å²) in [5.41, 5.74) is 4.76. The van der Waals surface area contributed by atoms with Gasteiger partial charge in [-0.25, -0.2) is 4.98 Å². The number of nitrogens with one attached hydrogen (secondary N) is 1. The number of fused-ring (bicyclic) bond motifs is 1. The number of pyridine rings is 1. The smallest absolute Gasteiger partial charge is 0.314 e. The number of rotatable bonds is 7. The van der Waals surface area contributed by atoms with Crippen LogP contribution in [0.4, 0.5) is 5.82 Å². The molecule has 5 nitrogen and oxygen atoms in total. The Labute approximate surface area is 219 Å². The van der Waals surface area contributed by atoms with Gasteiger partial charge in [-0.2, -0.15) is 0 Å². The van der Waals surface area contributed by atoms with Crippen molar-refractivity contribution in [1.29, 1.82) is 0 Å². The molecule has 1 aliphatic carbocycles. The first-order valence-electron chi connectivity index (χ1n) is 13.1. The van der Waals surface area contributed by atoms with Crippen LogP contribution in [0.2, 0.25) is 0 Å². The predicted octanol–water partition coefficient (Wildman–Crippen LogP) is 7.65. The van der Waals surface area contributed by atoms with Crippen molar-refractivity contribution < 1.29 is 9.53 Å². The standard InChI is InChI=1S/C32H37N3O2/c1-21-16-17-35-27(18-21)33-28(29(35)34-32(5,6)20-31(2,3)4)23-14-10-11-15-26(23)37-30(36)25-19-24(25)22-12-8-7-9-13-22/h7-18,24-25,34H,19-20H2,1-6H3/t24-,25?/m0/s1. The van der Waals surface area contributed by atoms with Gasteiger partial charge in [0.2, 0.25) is 0 Å². The average molecular weight is 496 g/mol. The van der Waals surface area contributed by atoms with E-state index in [0.29, 0.717) is 5.75 Å². The molecular formula is C32H37N3O2. The second kappa shape index (κ2) is 9.37. The van der Waals surface area contributed by atoms with Crippen molar-refractivity contribution in [1.82, 2.24) is 9.38 Å². The lowest BCUT2D eigenvalue weighted by molar-refractivity contribution is -0.135. The number of imidazole rings is 1. The number of nitrogens with zero attached hydrogens (tertiary/aromatic N) is 2. The number of carbonyl (C=O) groups is 1. The van der Waals surface area contributed by atoms with Gasteiger partial charge in [-0.15, -0.1) is 0 Å². The van der Waals surface area contributed by atoms with E-state index in [1.165, 1.54) is 5.56 Å². The number of ether oxygens (including phenoxy) is 1. The van der Waals surface area contributed by atoms with Crippen molar-refractivity contribution >= 4 is 17.4 Å². The van der Waals surface area contributed by atoms with Gasteiger partial charge in [0.15, 0.2) is 0 Å². The molecular weight excluding hydrogens is 458 g/mol. The molecule has 1 fully saturated rings. The summed E-state index contributed by atoms with van der Waals surface area (Å²) in [4.78, 5) is 18.2. The molecule has 2 heterocycles. The molecule has 1 N–H and O–H groups in total. The maximum Gasteiger partial charge on any atom is 0.314 e. The molecule has 2 aromatic carbocycles. The quantitative estimate of drug-likeness (QED) is 0.211. The van der Waals surface area contributed by atoms with E-state index in [-0.39, 0.29) is 28.8 Å².